The molecule has 0 spiro atoms. The van der Waals surface area contributed by atoms with Crippen molar-refractivity contribution in [2.75, 3.05) is 6.54 Å². The summed E-state index contributed by atoms with van der Waals surface area (Å²) in [5.74, 6) is -0.667. The first kappa shape index (κ1) is 5.74. The van der Waals surface area contributed by atoms with Crippen molar-refractivity contribution in [1.29, 1.82) is 0 Å². The molecule has 5 nitrogen and oxygen atoms in total. The summed E-state index contributed by atoms with van der Waals surface area (Å²) in [6.45, 7) is -0.264. The first-order chi connectivity index (χ1) is 4.20. The molecular weight excluding hydrogens is 124 g/mol. The Morgan fingerprint density at radius 1 is 1.67 bits per heavy atom. The third-order valence-corrected chi connectivity index (χ3v) is 0.917. The van der Waals surface area contributed by atoms with Gasteiger partial charge in [-0.2, -0.15) is 0 Å². The maximum atomic E-state index is 10.4. The average Bonchev–Trinajstić information content (AvgIpc) is 1.80. The first-order valence-corrected chi connectivity index (χ1v) is 2.33. The molecule has 5 heteroatoms. The Bertz CT molecular complexity index is 206. The highest BCUT2D eigenvalue weighted by atomic mass is 16.5. The van der Waals surface area contributed by atoms with Crippen molar-refractivity contribution in [3.8, 4) is 0 Å². The lowest BCUT2D eigenvalue weighted by Gasteiger charge is -1.98. The Kier molecular flexibility index (Phi) is 1.18. The highest BCUT2D eigenvalue weighted by molar-refractivity contribution is 6.13. The second-order valence-corrected chi connectivity index (χ2v) is 1.62. The number of amides is 1. The summed E-state index contributed by atoms with van der Waals surface area (Å²) in [7, 11) is 0. The van der Waals surface area contributed by atoms with E-state index < -0.39 is 5.91 Å². The lowest BCUT2D eigenvalue weighted by atomic mass is 10.5. The average molecular weight is 129 g/mol. The van der Waals surface area contributed by atoms with Crippen LogP contribution in [0.15, 0.2) is 0 Å². The maximum Gasteiger partial charge on any atom is 0.468 e. The fourth-order valence-electron chi connectivity index (χ4n) is 0.482. The summed E-state index contributed by atoms with van der Waals surface area (Å²) in [6.07, 6.45) is 2.07. The van der Waals surface area contributed by atoms with Crippen LogP contribution in [0.25, 0.3) is 0 Å². The number of hydrogen-bond acceptors (Lipinski definition) is 3. The molecule has 1 aliphatic heterocycles. The lowest BCUT2D eigenvalue weighted by molar-refractivity contribution is -0.768. The van der Waals surface area contributed by atoms with Crippen LogP contribution >= 0.6 is 0 Å². The van der Waals surface area contributed by atoms with Crippen molar-refractivity contribution in [3.05, 3.63) is 5.21 Å². The molecule has 0 aromatic rings. The highest BCUT2D eigenvalue weighted by Gasteiger charge is 2.23. The summed E-state index contributed by atoms with van der Waals surface area (Å²) in [5.41, 5.74) is 0. The van der Waals surface area contributed by atoms with Crippen molar-refractivity contribution >= 4 is 18.3 Å². The van der Waals surface area contributed by atoms with Gasteiger partial charge < -0.3 is 5.21 Å². The summed E-state index contributed by atoms with van der Waals surface area (Å²) >= 11 is 0. The Morgan fingerprint density at radius 3 is 2.78 bits per heavy atom. The predicted octanol–water partition coefficient (Wildman–Crippen LogP) is -1.42. The molecule has 1 aliphatic rings. The second kappa shape index (κ2) is 1.85. The van der Waals surface area contributed by atoms with Gasteiger partial charge in [0.15, 0.2) is 0 Å². The van der Waals surface area contributed by atoms with Gasteiger partial charge >= 0.3 is 12.5 Å². The molecule has 0 aromatic heterocycles. The number of hydroxylamine groups is 2. The number of nitrogens with zero attached hydrogens (tertiary/aromatic N) is 2. The lowest BCUT2D eigenvalue weighted by Crippen LogP contribution is -2.32. The highest BCUT2D eigenvalue weighted by Crippen LogP contribution is 1.79. The van der Waals surface area contributed by atoms with Crippen LogP contribution in [0.2, 0.25) is 0 Å². The molecule has 9 heavy (non-hydrogen) atoms. The van der Waals surface area contributed by atoms with Crippen LogP contribution in [-0.4, -0.2) is 39.6 Å². The van der Waals surface area contributed by atoms with E-state index >= 15 is 0 Å². The minimum atomic E-state index is -0.667. The van der Waals surface area contributed by atoms with E-state index in [0.29, 0.717) is 4.74 Å². The molecular formula is C4H5N2O3+. The van der Waals surface area contributed by atoms with Crippen LogP contribution in [0.4, 0.5) is 0 Å². The van der Waals surface area contributed by atoms with Crippen molar-refractivity contribution in [2.24, 2.45) is 0 Å². The molecule has 0 fully saturated rings. The standard InChI is InChI=1S/C4H5N2O3/c7-4-3-5(8)1-2-6(4)9/h1-2,8H,3H2/q+1. The van der Waals surface area contributed by atoms with Gasteiger partial charge in [-0.25, -0.2) is 4.79 Å². The van der Waals surface area contributed by atoms with Gasteiger partial charge in [-0.3, -0.25) is 5.21 Å². The molecule has 1 heterocycles. The molecule has 0 unspecified atom stereocenters. The van der Waals surface area contributed by atoms with Crippen LogP contribution in [-0.2, 0) is 4.79 Å². The number of carbonyl (C=O) groups is 1. The van der Waals surface area contributed by atoms with Crippen LogP contribution < -0.4 is 0 Å². The third kappa shape index (κ3) is 1.04. The summed E-state index contributed by atoms with van der Waals surface area (Å²) < 4.78 is 0.823. The third-order valence-electron chi connectivity index (χ3n) is 0.917. The van der Waals surface area contributed by atoms with Gasteiger partial charge in [-0.15, -0.1) is 4.74 Å². The molecule has 48 valence electrons. The zero-order valence-electron chi connectivity index (χ0n) is 4.52. The van der Waals surface area contributed by atoms with E-state index in [9.17, 15) is 10.0 Å². The Balaban J connectivity index is 2.86. The first-order valence-electron chi connectivity index (χ1n) is 2.33. The SMILES string of the molecule is O=C1C[N+](O)=CC=[N+]1[O-]. The van der Waals surface area contributed by atoms with Gasteiger partial charge in [-0.1, -0.05) is 0 Å². The van der Waals surface area contributed by atoms with E-state index in [0.717, 1.165) is 12.4 Å². The molecule has 0 bridgehead atoms. The molecule has 1 N–H and O–H groups in total. The van der Waals surface area contributed by atoms with Crippen LogP contribution in [0.1, 0.15) is 0 Å². The molecule has 0 saturated heterocycles. The largest absolute Gasteiger partial charge is 0.616 e. The van der Waals surface area contributed by atoms with E-state index in [-0.39, 0.29) is 11.3 Å². The number of carbonyl (C=O) groups excluding carboxylic acids is 1. The summed E-state index contributed by atoms with van der Waals surface area (Å²) in [6, 6.07) is 0. The fourth-order valence-corrected chi connectivity index (χ4v) is 0.482. The molecule has 0 aliphatic carbocycles. The van der Waals surface area contributed by atoms with Crippen molar-refractivity contribution < 1.29 is 19.5 Å². The monoisotopic (exact) mass is 129 g/mol. The number of rotatable bonds is 0. The van der Waals surface area contributed by atoms with E-state index in [2.05, 4.69) is 0 Å². The quantitative estimate of drug-likeness (QED) is 0.248. The second-order valence-electron chi connectivity index (χ2n) is 1.62. The molecule has 0 atom stereocenters. The minimum Gasteiger partial charge on any atom is -0.616 e. The summed E-state index contributed by atoms with van der Waals surface area (Å²) in [5, 5.41) is 18.8. The zero-order valence-corrected chi connectivity index (χ0v) is 4.52. The van der Waals surface area contributed by atoms with Gasteiger partial charge in [0.1, 0.15) is 0 Å². The van der Waals surface area contributed by atoms with Crippen LogP contribution in [0, 0.1) is 5.21 Å². The maximum absolute atomic E-state index is 10.4. The van der Waals surface area contributed by atoms with Crippen molar-refractivity contribution in [2.45, 2.75) is 0 Å². The van der Waals surface area contributed by atoms with E-state index in [4.69, 9.17) is 5.21 Å². The van der Waals surface area contributed by atoms with Crippen molar-refractivity contribution in [1.82, 2.24) is 0 Å². The van der Waals surface area contributed by atoms with Gasteiger partial charge in [0.05, 0.1) is 0 Å². The van der Waals surface area contributed by atoms with Crippen LogP contribution in [0.5, 0.6) is 0 Å². The van der Waals surface area contributed by atoms with Gasteiger partial charge in [-0.05, 0) is 4.74 Å². The minimum absolute atomic E-state index is 0.173. The summed E-state index contributed by atoms with van der Waals surface area (Å²) in [4.78, 5) is 10.4. The van der Waals surface area contributed by atoms with Gasteiger partial charge in [0.2, 0.25) is 0 Å². The molecule has 0 radical (unpaired) electrons. The van der Waals surface area contributed by atoms with Gasteiger partial charge in [0.25, 0.3) is 12.4 Å². The van der Waals surface area contributed by atoms with Crippen LogP contribution in [0.3, 0.4) is 0 Å². The predicted molar refractivity (Wildman–Crippen MR) is 27.7 cm³/mol. The van der Waals surface area contributed by atoms with E-state index in [1.807, 2.05) is 0 Å². The smallest absolute Gasteiger partial charge is 0.468 e. The molecule has 1 rings (SSSR count). The Morgan fingerprint density at radius 2 is 2.33 bits per heavy atom. The Hall–Kier alpha value is -1.39. The van der Waals surface area contributed by atoms with Crippen molar-refractivity contribution in [3.63, 3.8) is 0 Å². The van der Waals surface area contributed by atoms with E-state index in [1.54, 1.807) is 0 Å². The zero-order chi connectivity index (χ0) is 6.85. The normalized spacial score (nSPS) is 18.9. The topological polar surface area (TPSA) is 66.4 Å². The fraction of sp³-hybridized carbons (Fsp3) is 0.250. The Labute approximate surface area is 50.7 Å². The van der Waals surface area contributed by atoms with E-state index in [1.165, 1.54) is 0 Å². The molecule has 1 amide bonds. The molecule has 0 saturated carbocycles. The number of hydrogen-bond donors (Lipinski definition) is 1. The molecule has 0 aromatic carbocycles. The van der Waals surface area contributed by atoms with Gasteiger partial charge in [0, 0.05) is 0 Å².